The van der Waals surface area contributed by atoms with E-state index in [2.05, 4.69) is 38.1 Å². The molecule has 0 aliphatic rings. The Hall–Kier alpha value is -2.74. The molecule has 3 aromatic carbocycles. The minimum Gasteiger partial charge on any atom is -0.508 e. The lowest BCUT2D eigenvalue weighted by molar-refractivity contribution is 0.474. The van der Waals surface area contributed by atoms with E-state index in [0.29, 0.717) is 23.3 Å². The van der Waals surface area contributed by atoms with Gasteiger partial charge in [0, 0.05) is 0 Å². The van der Waals surface area contributed by atoms with Gasteiger partial charge in [-0.05, 0) is 71.2 Å². The van der Waals surface area contributed by atoms with Crippen LogP contribution in [0.25, 0.3) is 0 Å². The second kappa shape index (κ2) is 8.09. The molecule has 3 aromatic rings. The summed E-state index contributed by atoms with van der Waals surface area (Å²) in [6.45, 7) is 4.46. The number of hydrogen-bond donors (Lipinski definition) is 2. The molecule has 2 atom stereocenters. The molecule has 0 saturated carbocycles. The van der Waals surface area contributed by atoms with Gasteiger partial charge in [-0.15, -0.1) is 0 Å². The van der Waals surface area contributed by atoms with Gasteiger partial charge in [0.15, 0.2) is 0 Å². The molecule has 2 nitrogen and oxygen atoms in total. The molecule has 0 heterocycles. The Morgan fingerprint density at radius 2 is 0.923 bits per heavy atom. The van der Waals surface area contributed by atoms with Crippen molar-refractivity contribution < 1.29 is 10.2 Å². The molecule has 0 radical (unpaired) electrons. The zero-order valence-electron chi connectivity index (χ0n) is 15.4. The Morgan fingerprint density at radius 3 is 1.27 bits per heavy atom. The zero-order chi connectivity index (χ0) is 18.5. The van der Waals surface area contributed by atoms with Crippen molar-refractivity contribution in [2.75, 3.05) is 0 Å². The molecule has 3 rings (SSSR count). The van der Waals surface area contributed by atoms with Crippen LogP contribution in [-0.2, 0) is 12.8 Å². The molecule has 0 aromatic heterocycles. The highest BCUT2D eigenvalue weighted by molar-refractivity contribution is 5.35. The fourth-order valence-electron chi connectivity index (χ4n) is 3.46. The average Bonchev–Trinajstić information content (AvgIpc) is 2.64. The van der Waals surface area contributed by atoms with Crippen LogP contribution in [0.15, 0.2) is 72.8 Å². The Bertz CT molecular complexity index is 762. The second-order valence-electron chi connectivity index (χ2n) is 7.16. The molecule has 0 bridgehead atoms. The molecule has 0 aliphatic carbocycles. The van der Waals surface area contributed by atoms with Crippen LogP contribution in [-0.4, -0.2) is 10.2 Å². The molecule has 2 unspecified atom stereocenters. The fourth-order valence-corrected chi connectivity index (χ4v) is 3.46. The van der Waals surface area contributed by atoms with E-state index in [-0.39, 0.29) is 0 Å². The molecular formula is C24H26O2. The Labute approximate surface area is 155 Å². The van der Waals surface area contributed by atoms with Crippen molar-refractivity contribution in [3.05, 3.63) is 95.1 Å². The fraction of sp³-hybridized carbons (Fsp3) is 0.250. The topological polar surface area (TPSA) is 40.5 Å². The van der Waals surface area contributed by atoms with Crippen molar-refractivity contribution in [2.24, 2.45) is 0 Å². The smallest absolute Gasteiger partial charge is 0.115 e. The maximum atomic E-state index is 9.48. The van der Waals surface area contributed by atoms with Crippen LogP contribution in [0.3, 0.4) is 0 Å². The summed E-state index contributed by atoms with van der Waals surface area (Å²) in [6, 6.07) is 23.7. The monoisotopic (exact) mass is 346 g/mol. The van der Waals surface area contributed by atoms with E-state index in [1.807, 2.05) is 24.3 Å². The van der Waals surface area contributed by atoms with Gasteiger partial charge in [0.05, 0.1) is 0 Å². The second-order valence-corrected chi connectivity index (χ2v) is 7.16. The van der Waals surface area contributed by atoms with E-state index in [1.165, 1.54) is 22.3 Å². The first-order valence-corrected chi connectivity index (χ1v) is 9.17. The third kappa shape index (κ3) is 4.45. The summed E-state index contributed by atoms with van der Waals surface area (Å²) >= 11 is 0. The minimum atomic E-state index is 0.309. The van der Waals surface area contributed by atoms with Crippen molar-refractivity contribution in [2.45, 2.75) is 38.5 Å². The van der Waals surface area contributed by atoms with Crippen LogP contribution in [0.2, 0.25) is 0 Å². The van der Waals surface area contributed by atoms with Crippen LogP contribution in [0.5, 0.6) is 11.5 Å². The molecule has 0 spiro atoms. The van der Waals surface area contributed by atoms with E-state index >= 15 is 0 Å². The van der Waals surface area contributed by atoms with Gasteiger partial charge in [-0.25, -0.2) is 0 Å². The van der Waals surface area contributed by atoms with Gasteiger partial charge < -0.3 is 10.2 Å². The van der Waals surface area contributed by atoms with Crippen molar-refractivity contribution in [1.29, 1.82) is 0 Å². The van der Waals surface area contributed by atoms with Crippen molar-refractivity contribution >= 4 is 0 Å². The molecule has 2 heteroatoms. The van der Waals surface area contributed by atoms with Gasteiger partial charge in [0.25, 0.3) is 0 Å². The van der Waals surface area contributed by atoms with Gasteiger partial charge in [0.2, 0.25) is 0 Å². The van der Waals surface area contributed by atoms with Crippen LogP contribution in [0.4, 0.5) is 0 Å². The summed E-state index contributed by atoms with van der Waals surface area (Å²) in [7, 11) is 0. The normalized spacial score (nSPS) is 13.3. The summed E-state index contributed by atoms with van der Waals surface area (Å²) in [5.74, 6) is 1.40. The minimum absolute atomic E-state index is 0.309. The Balaban J connectivity index is 1.75. The highest BCUT2D eigenvalue weighted by Gasteiger charge is 2.13. The van der Waals surface area contributed by atoms with Gasteiger partial charge >= 0.3 is 0 Å². The number of phenolic OH excluding ortho intramolecular Hbond substituents is 2. The number of benzene rings is 3. The van der Waals surface area contributed by atoms with Crippen LogP contribution in [0.1, 0.15) is 47.9 Å². The third-order valence-corrected chi connectivity index (χ3v) is 5.09. The molecule has 0 fully saturated rings. The number of rotatable bonds is 6. The maximum Gasteiger partial charge on any atom is 0.115 e. The standard InChI is InChI=1S/C24H26O2/c1-17(19-7-11-23(25)12-8-19)15-21-5-3-4-6-22(21)16-18(2)20-9-13-24(26)14-10-20/h3-14,17-18,25-26H,15-16H2,1-2H3. The van der Waals surface area contributed by atoms with E-state index in [9.17, 15) is 10.2 Å². The van der Waals surface area contributed by atoms with Crippen LogP contribution >= 0.6 is 0 Å². The Morgan fingerprint density at radius 1 is 0.577 bits per heavy atom. The van der Waals surface area contributed by atoms with E-state index in [1.54, 1.807) is 24.3 Å². The summed E-state index contributed by atoms with van der Waals surface area (Å²) in [4.78, 5) is 0. The molecular weight excluding hydrogens is 320 g/mol. The summed E-state index contributed by atoms with van der Waals surface area (Å²) in [6.07, 6.45) is 1.95. The van der Waals surface area contributed by atoms with E-state index in [4.69, 9.17) is 0 Å². The summed E-state index contributed by atoms with van der Waals surface area (Å²) < 4.78 is 0. The van der Waals surface area contributed by atoms with Crippen LogP contribution < -0.4 is 0 Å². The van der Waals surface area contributed by atoms with Crippen molar-refractivity contribution in [1.82, 2.24) is 0 Å². The lowest BCUT2D eigenvalue weighted by atomic mass is 9.87. The molecule has 134 valence electrons. The number of phenols is 2. The number of aromatic hydroxyl groups is 2. The van der Waals surface area contributed by atoms with Crippen molar-refractivity contribution in [3.8, 4) is 11.5 Å². The number of hydrogen-bond acceptors (Lipinski definition) is 2. The maximum absolute atomic E-state index is 9.48. The highest BCUT2D eigenvalue weighted by Crippen LogP contribution is 2.28. The first-order chi connectivity index (χ1) is 12.5. The van der Waals surface area contributed by atoms with Gasteiger partial charge in [-0.3, -0.25) is 0 Å². The molecule has 0 aliphatic heterocycles. The predicted octanol–water partition coefficient (Wildman–Crippen LogP) is 5.79. The molecule has 0 saturated heterocycles. The first kappa shape index (κ1) is 18.1. The van der Waals surface area contributed by atoms with Gasteiger partial charge in [-0.1, -0.05) is 62.4 Å². The largest absolute Gasteiger partial charge is 0.508 e. The summed E-state index contributed by atoms with van der Waals surface area (Å²) in [5.41, 5.74) is 5.23. The molecule has 0 amide bonds. The summed E-state index contributed by atoms with van der Waals surface area (Å²) in [5, 5.41) is 19.0. The Kier molecular flexibility index (Phi) is 5.62. The van der Waals surface area contributed by atoms with Crippen molar-refractivity contribution in [3.63, 3.8) is 0 Å². The van der Waals surface area contributed by atoms with Gasteiger partial charge in [-0.2, -0.15) is 0 Å². The molecule has 2 N–H and O–H groups in total. The highest BCUT2D eigenvalue weighted by atomic mass is 16.3. The lowest BCUT2D eigenvalue weighted by Gasteiger charge is -2.18. The van der Waals surface area contributed by atoms with E-state index < -0.39 is 0 Å². The third-order valence-electron chi connectivity index (χ3n) is 5.09. The van der Waals surface area contributed by atoms with E-state index in [0.717, 1.165) is 12.8 Å². The predicted molar refractivity (Wildman–Crippen MR) is 107 cm³/mol. The van der Waals surface area contributed by atoms with Crippen LogP contribution in [0, 0.1) is 0 Å². The SMILES string of the molecule is CC(Cc1ccccc1CC(C)c1ccc(O)cc1)c1ccc(O)cc1. The molecule has 26 heavy (non-hydrogen) atoms. The first-order valence-electron chi connectivity index (χ1n) is 9.17. The average molecular weight is 346 g/mol. The quantitative estimate of drug-likeness (QED) is 0.593. The van der Waals surface area contributed by atoms with Gasteiger partial charge in [0.1, 0.15) is 11.5 Å². The zero-order valence-corrected chi connectivity index (χ0v) is 15.4. The lowest BCUT2D eigenvalue weighted by Crippen LogP contribution is -2.05.